The lowest BCUT2D eigenvalue weighted by atomic mass is 9.95. The fraction of sp³-hybridized carbons (Fsp3) is 0.455. The fourth-order valence-corrected chi connectivity index (χ4v) is 2.64. The minimum atomic E-state index is 0.0226. The van der Waals surface area contributed by atoms with Crippen LogP contribution in [0, 0.1) is 0 Å². The first-order valence-corrected chi connectivity index (χ1v) is 6.30. The molecule has 0 amide bonds. The predicted molar refractivity (Wildman–Crippen MR) is 64.8 cm³/mol. The number of ether oxygens (including phenoxy) is 1. The van der Waals surface area contributed by atoms with Gasteiger partial charge in [0.05, 0.1) is 12.7 Å². The summed E-state index contributed by atoms with van der Waals surface area (Å²) in [5.41, 5.74) is 1.23. The average Bonchev–Trinajstić information content (AvgIpc) is 2.18. The molecule has 1 nitrogen and oxygen atoms in total. The van der Waals surface area contributed by atoms with Gasteiger partial charge in [-0.2, -0.15) is 0 Å². The molecule has 1 aromatic carbocycles. The summed E-state index contributed by atoms with van der Waals surface area (Å²) in [4.78, 5) is 0. The molecule has 0 spiro atoms. The molecule has 1 fully saturated rings. The van der Waals surface area contributed by atoms with Gasteiger partial charge in [-0.3, -0.25) is 0 Å². The van der Waals surface area contributed by atoms with Crippen LogP contribution in [0.4, 0.5) is 0 Å². The Kier molecular flexibility index (Phi) is 3.30. The monoisotopic (exact) mass is 318 g/mol. The molecule has 1 aromatic rings. The zero-order valence-corrected chi connectivity index (χ0v) is 10.9. The molecule has 0 aliphatic heterocycles. The van der Waals surface area contributed by atoms with E-state index in [0.29, 0.717) is 12.7 Å². The van der Waals surface area contributed by atoms with Crippen LogP contribution in [-0.4, -0.2) is 9.34 Å². The molecule has 1 aliphatic carbocycles. The topological polar surface area (TPSA) is 9.23 Å². The molecule has 1 aliphatic rings. The van der Waals surface area contributed by atoms with Crippen LogP contribution in [0.25, 0.3) is 0 Å². The van der Waals surface area contributed by atoms with Gasteiger partial charge in [0.1, 0.15) is 3.23 Å². The van der Waals surface area contributed by atoms with Gasteiger partial charge in [-0.15, -0.1) is 0 Å². The Labute approximate surface area is 101 Å². The largest absolute Gasteiger partial charge is 0.371 e. The van der Waals surface area contributed by atoms with E-state index in [0.717, 1.165) is 12.8 Å². The van der Waals surface area contributed by atoms with Crippen LogP contribution in [0.5, 0.6) is 0 Å². The summed E-state index contributed by atoms with van der Waals surface area (Å²) in [5, 5.41) is 0. The molecule has 0 radical (unpaired) electrons. The standard InChI is InChI=1S/C11H12Br2O/c12-11(13)7-6-10(11)14-8-9-4-2-1-3-5-9/h1-5,10H,6-8H2. The summed E-state index contributed by atoms with van der Waals surface area (Å²) in [5.74, 6) is 0. The molecule has 0 heterocycles. The van der Waals surface area contributed by atoms with Crippen LogP contribution in [-0.2, 0) is 11.3 Å². The summed E-state index contributed by atoms with van der Waals surface area (Å²) >= 11 is 7.19. The second-order valence-electron chi connectivity index (χ2n) is 3.58. The SMILES string of the molecule is BrC1(Br)CCC1OCc1ccccc1. The van der Waals surface area contributed by atoms with Crippen molar-refractivity contribution >= 4 is 31.9 Å². The second kappa shape index (κ2) is 4.33. The fourth-order valence-electron chi connectivity index (χ4n) is 1.46. The van der Waals surface area contributed by atoms with E-state index in [1.807, 2.05) is 18.2 Å². The van der Waals surface area contributed by atoms with Gasteiger partial charge in [-0.05, 0) is 18.4 Å². The molecule has 3 heteroatoms. The smallest absolute Gasteiger partial charge is 0.107 e. The van der Waals surface area contributed by atoms with E-state index < -0.39 is 0 Å². The molecule has 76 valence electrons. The van der Waals surface area contributed by atoms with Crippen molar-refractivity contribution in [1.82, 2.24) is 0 Å². The van der Waals surface area contributed by atoms with E-state index in [4.69, 9.17) is 4.74 Å². The van der Waals surface area contributed by atoms with Crippen LogP contribution in [0.3, 0.4) is 0 Å². The normalized spacial score (nSPS) is 24.3. The zero-order chi connectivity index (χ0) is 10.0. The average molecular weight is 320 g/mol. The highest BCUT2D eigenvalue weighted by Gasteiger charge is 2.43. The maximum absolute atomic E-state index is 5.79. The van der Waals surface area contributed by atoms with Crippen molar-refractivity contribution in [1.29, 1.82) is 0 Å². The van der Waals surface area contributed by atoms with E-state index in [2.05, 4.69) is 44.0 Å². The van der Waals surface area contributed by atoms with Crippen molar-refractivity contribution < 1.29 is 4.74 Å². The van der Waals surface area contributed by atoms with Gasteiger partial charge in [0.2, 0.25) is 0 Å². The van der Waals surface area contributed by atoms with Crippen LogP contribution < -0.4 is 0 Å². The van der Waals surface area contributed by atoms with Gasteiger partial charge in [-0.25, -0.2) is 0 Å². The van der Waals surface area contributed by atoms with Gasteiger partial charge in [0.15, 0.2) is 0 Å². The lowest BCUT2D eigenvalue weighted by molar-refractivity contribution is -0.00838. The number of hydrogen-bond donors (Lipinski definition) is 0. The highest BCUT2D eigenvalue weighted by Crippen LogP contribution is 2.47. The van der Waals surface area contributed by atoms with E-state index in [1.54, 1.807) is 0 Å². The Morgan fingerprint density at radius 1 is 1.29 bits per heavy atom. The zero-order valence-electron chi connectivity index (χ0n) is 7.75. The molecule has 1 unspecified atom stereocenters. The lowest BCUT2D eigenvalue weighted by Gasteiger charge is -2.40. The Hall–Kier alpha value is 0.140. The third kappa shape index (κ3) is 2.38. The third-order valence-electron chi connectivity index (χ3n) is 2.50. The number of alkyl halides is 2. The molecule has 0 saturated heterocycles. The number of rotatable bonds is 3. The molecule has 1 saturated carbocycles. The predicted octanol–water partition coefficient (Wildman–Crippen LogP) is 3.85. The molecule has 0 bridgehead atoms. The first-order chi connectivity index (χ1) is 6.68. The molecular formula is C11H12Br2O. The maximum atomic E-state index is 5.79. The Balaban J connectivity index is 1.84. The van der Waals surface area contributed by atoms with Crippen LogP contribution >= 0.6 is 31.9 Å². The summed E-state index contributed by atoms with van der Waals surface area (Å²) in [6.07, 6.45) is 2.55. The van der Waals surface area contributed by atoms with Gasteiger partial charge >= 0.3 is 0 Å². The van der Waals surface area contributed by atoms with Crippen molar-refractivity contribution in [3.8, 4) is 0 Å². The van der Waals surface area contributed by atoms with Crippen molar-refractivity contribution in [3.63, 3.8) is 0 Å². The Bertz CT molecular complexity index is 297. The molecule has 1 atom stereocenters. The summed E-state index contributed by atoms with van der Waals surface area (Å²) in [6, 6.07) is 10.3. The van der Waals surface area contributed by atoms with Gasteiger partial charge in [-0.1, -0.05) is 62.2 Å². The van der Waals surface area contributed by atoms with E-state index in [1.165, 1.54) is 5.56 Å². The number of hydrogen-bond acceptors (Lipinski definition) is 1. The van der Waals surface area contributed by atoms with Crippen molar-refractivity contribution in [2.24, 2.45) is 0 Å². The third-order valence-corrected chi connectivity index (χ3v) is 4.32. The van der Waals surface area contributed by atoms with E-state index in [9.17, 15) is 0 Å². The van der Waals surface area contributed by atoms with Gasteiger partial charge < -0.3 is 4.74 Å². The number of halogens is 2. The molecule has 2 rings (SSSR count). The van der Waals surface area contributed by atoms with Gasteiger partial charge in [0, 0.05) is 0 Å². The van der Waals surface area contributed by atoms with Crippen molar-refractivity contribution in [2.75, 3.05) is 0 Å². The molecule has 14 heavy (non-hydrogen) atoms. The lowest BCUT2D eigenvalue weighted by Crippen LogP contribution is -2.42. The maximum Gasteiger partial charge on any atom is 0.107 e. The summed E-state index contributed by atoms with van der Waals surface area (Å²) < 4.78 is 5.81. The molecule has 0 aromatic heterocycles. The van der Waals surface area contributed by atoms with Crippen molar-refractivity contribution in [2.45, 2.75) is 28.8 Å². The Morgan fingerprint density at radius 3 is 2.50 bits per heavy atom. The quantitative estimate of drug-likeness (QED) is 0.769. The highest BCUT2D eigenvalue weighted by molar-refractivity contribution is 9.25. The second-order valence-corrected chi connectivity index (χ2v) is 7.48. The van der Waals surface area contributed by atoms with E-state index in [-0.39, 0.29) is 3.23 Å². The molecular weight excluding hydrogens is 308 g/mol. The summed E-state index contributed by atoms with van der Waals surface area (Å²) in [6.45, 7) is 0.699. The van der Waals surface area contributed by atoms with Crippen LogP contribution in [0.15, 0.2) is 30.3 Å². The minimum absolute atomic E-state index is 0.0226. The minimum Gasteiger partial charge on any atom is -0.371 e. The Morgan fingerprint density at radius 2 is 2.00 bits per heavy atom. The summed E-state index contributed by atoms with van der Waals surface area (Å²) in [7, 11) is 0. The van der Waals surface area contributed by atoms with Gasteiger partial charge in [0.25, 0.3) is 0 Å². The van der Waals surface area contributed by atoms with Crippen molar-refractivity contribution in [3.05, 3.63) is 35.9 Å². The molecule has 0 N–H and O–H groups in total. The first-order valence-electron chi connectivity index (χ1n) is 4.72. The highest BCUT2D eigenvalue weighted by atomic mass is 79.9. The number of benzene rings is 1. The van der Waals surface area contributed by atoms with Crippen LogP contribution in [0.2, 0.25) is 0 Å². The first kappa shape index (κ1) is 10.7. The van der Waals surface area contributed by atoms with Crippen LogP contribution in [0.1, 0.15) is 18.4 Å². The van der Waals surface area contributed by atoms with E-state index >= 15 is 0 Å².